The van der Waals surface area contributed by atoms with E-state index in [1.807, 2.05) is 27.8 Å². The first-order chi connectivity index (χ1) is 8.42. The molecule has 0 radical (unpaired) electrons. The fourth-order valence-corrected chi connectivity index (χ4v) is 2.44. The average molecular weight is 272 g/mol. The zero-order chi connectivity index (χ0) is 13.9. The molecule has 1 aromatic heterocycles. The van der Waals surface area contributed by atoms with Gasteiger partial charge in [0.15, 0.2) is 0 Å². The molecule has 18 heavy (non-hydrogen) atoms. The lowest BCUT2D eigenvalue weighted by Gasteiger charge is -2.17. The number of halogens is 1. The summed E-state index contributed by atoms with van der Waals surface area (Å²) in [6.07, 6.45) is 1.08. The van der Waals surface area contributed by atoms with Gasteiger partial charge in [0.25, 0.3) is 0 Å². The number of Topliss-reactive ketones (excluding diaryl/α,β-unsaturated/α-hetero) is 1. The van der Waals surface area contributed by atoms with Gasteiger partial charge in [-0.25, -0.2) is 0 Å². The minimum Gasteiger partial charge on any atom is -0.330 e. The predicted octanol–water partition coefficient (Wildman–Crippen LogP) is 1.98. The molecule has 0 bridgehead atoms. The van der Waals surface area contributed by atoms with Crippen molar-refractivity contribution in [2.75, 3.05) is 6.54 Å². The van der Waals surface area contributed by atoms with Gasteiger partial charge >= 0.3 is 0 Å². The second kappa shape index (κ2) is 6.34. The smallest absolute Gasteiger partial charge is 0.143 e. The van der Waals surface area contributed by atoms with Crippen LogP contribution < -0.4 is 5.73 Å². The molecule has 0 aliphatic rings. The molecule has 4 nitrogen and oxygen atoms in total. The molecule has 1 aromatic rings. The lowest BCUT2D eigenvalue weighted by molar-refractivity contribution is -0.123. The number of aryl methyl sites for hydroxylation is 2. The summed E-state index contributed by atoms with van der Waals surface area (Å²) in [6, 6.07) is 0. The molecule has 1 heterocycles. The second-order valence-electron chi connectivity index (χ2n) is 4.91. The number of hydrogen-bond acceptors (Lipinski definition) is 3. The van der Waals surface area contributed by atoms with Crippen LogP contribution in [0, 0.1) is 11.8 Å². The van der Waals surface area contributed by atoms with Gasteiger partial charge in [0.05, 0.1) is 22.8 Å². The van der Waals surface area contributed by atoms with Crippen molar-refractivity contribution >= 4 is 17.4 Å². The maximum absolute atomic E-state index is 12.2. The van der Waals surface area contributed by atoms with E-state index in [0.717, 1.165) is 17.8 Å². The first kappa shape index (κ1) is 15.2. The van der Waals surface area contributed by atoms with Gasteiger partial charge in [-0.3, -0.25) is 9.48 Å². The van der Waals surface area contributed by atoms with E-state index < -0.39 is 0 Å². The minimum absolute atomic E-state index is 0.110. The standard InChI is InChI=1S/C13H22ClN3O/c1-5-10-13(14)11(17(4)16-10)6-12(18)9(7-15)8(2)3/h8-9H,5-7,15H2,1-4H3. The summed E-state index contributed by atoms with van der Waals surface area (Å²) in [5, 5.41) is 4.93. The minimum atomic E-state index is -0.110. The molecule has 1 rings (SSSR count). The zero-order valence-corrected chi connectivity index (χ0v) is 12.3. The topological polar surface area (TPSA) is 60.9 Å². The third-order valence-corrected chi connectivity index (χ3v) is 3.75. The molecular weight excluding hydrogens is 250 g/mol. The van der Waals surface area contributed by atoms with Crippen molar-refractivity contribution in [2.24, 2.45) is 24.6 Å². The van der Waals surface area contributed by atoms with Gasteiger partial charge in [0.1, 0.15) is 5.78 Å². The van der Waals surface area contributed by atoms with E-state index in [1.54, 1.807) is 4.68 Å². The highest BCUT2D eigenvalue weighted by Gasteiger charge is 2.23. The molecule has 102 valence electrons. The Morgan fingerprint density at radius 2 is 2.11 bits per heavy atom. The Hall–Kier alpha value is -0.870. The fourth-order valence-electron chi connectivity index (χ4n) is 2.08. The van der Waals surface area contributed by atoms with Crippen LogP contribution in [0.4, 0.5) is 0 Å². The van der Waals surface area contributed by atoms with E-state index in [4.69, 9.17) is 17.3 Å². The van der Waals surface area contributed by atoms with Crippen LogP contribution in [0.1, 0.15) is 32.2 Å². The van der Waals surface area contributed by atoms with E-state index in [-0.39, 0.29) is 17.6 Å². The second-order valence-corrected chi connectivity index (χ2v) is 5.29. The van der Waals surface area contributed by atoms with Crippen molar-refractivity contribution in [2.45, 2.75) is 33.6 Å². The molecule has 0 saturated carbocycles. The van der Waals surface area contributed by atoms with Crippen molar-refractivity contribution in [3.63, 3.8) is 0 Å². The highest BCUT2D eigenvalue weighted by atomic mass is 35.5. The van der Waals surface area contributed by atoms with Gasteiger partial charge in [-0.2, -0.15) is 5.10 Å². The number of carbonyl (C=O) groups is 1. The van der Waals surface area contributed by atoms with Crippen LogP contribution in [0.25, 0.3) is 0 Å². The van der Waals surface area contributed by atoms with Gasteiger partial charge in [-0.05, 0) is 12.3 Å². The van der Waals surface area contributed by atoms with Gasteiger partial charge in [-0.15, -0.1) is 0 Å². The Labute approximate surface area is 113 Å². The van der Waals surface area contributed by atoms with Crippen molar-refractivity contribution in [1.82, 2.24) is 9.78 Å². The number of ketones is 1. The summed E-state index contributed by atoms with van der Waals surface area (Å²) >= 11 is 6.23. The monoisotopic (exact) mass is 271 g/mol. The maximum Gasteiger partial charge on any atom is 0.143 e. The first-order valence-corrected chi connectivity index (χ1v) is 6.73. The lowest BCUT2D eigenvalue weighted by Crippen LogP contribution is -2.30. The van der Waals surface area contributed by atoms with Gasteiger partial charge in [0.2, 0.25) is 0 Å². The third-order valence-electron chi connectivity index (χ3n) is 3.32. The van der Waals surface area contributed by atoms with Crippen LogP contribution in [0.3, 0.4) is 0 Å². The quantitative estimate of drug-likeness (QED) is 0.861. The number of hydrogen-bond donors (Lipinski definition) is 1. The Morgan fingerprint density at radius 3 is 2.50 bits per heavy atom. The first-order valence-electron chi connectivity index (χ1n) is 6.35. The molecule has 0 spiro atoms. The molecule has 0 aliphatic carbocycles. The molecule has 0 aliphatic heterocycles. The summed E-state index contributed by atoms with van der Waals surface area (Å²) < 4.78 is 1.70. The molecule has 5 heteroatoms. The molecule has 0 aromatic carbocycles. The molecule has 2 N–H and O–H groups in total. The maximum atomic E-state index is 12.2. The van der Waals surface area contributed by atoms with Crippen LogP contribution in [0.5, 0.6) is 0 Å². The molecule has 0 saturated heterocycles. The van der Waals surface area contributed by atoms with E-state index in [1.165, 1.54) is 0 Å². The molecule has 0 amide bonds. The SMILES string of the molecule is CCc1nn(C)c(CC(=O)C(CN)C(C)C)c1Cl. The van der Waals surface area contributed by atoms with Crippen molar-refractivity contribution in [1.29, 1.82) is 0 Å². The zero-order valence-electron chi connectivity index (χ0n) is 11.5. The normalized spacial score (nSPS) is 13.1. The Balaban J connectivity index is 2.91. The lowest BCUT2D eigenvalue weighted by atomic mass is 9.89. The molecular formula is C13H22ClN3O. The van der Waals surface area contributed by atoms with Crippen molar-refractivity contribution in [3.05, 3.63) is 16.4 Å². The van der Waals surface area contributed by atoms with Gasteiger partial charge in [-0.1, -0.05) is 32.4 Å². The summed E-state index contributed by atoms with van der Waals surface area (Å²) in [5.41, 5.74) is 7.29. The summed E-state index contributed by atoms with van der Waals surface area (Å²) in [5.74, 6) is 0.279. The summed E-state index contributed by atoms with van der Waals surface area (Å²) in [4.78, 5) is 12.2. The Kier molecular flexibility index (Phi) is 5.35. The number of rotatable bonds is 6. The Morgan fingerprint density at radius 1 is 1.50 bits per heavy atom. The van der Waals surface area contributed by atoms with Crippen LogP contribution >= 0.6 is 11.6 Å². The van der Waals surface area contributed by atoms with Crippen molar-refractivity contribution in [3.8, 4) is 0 Å². The van der Waals surface area contributed by atoms with E-state index in [9.17, 15) is 4.79 Å². The highest BCUT2D eigenvalue weighted by Crippen LogP contribution is 2.23. The van der Waals surface area contributed by atoms with Crippen LogP contribution in [-0.4, -0.2) is 22.1 Å². The van der Waals surface area contributed by atoms with E-state index >= 15 is 0 Å². The van der Waals surface area contributed by atoms with Gasteiger partial charge < -0.3 is 5.73 Å². The van der Waals surface area contributed by atoms with Crippen molar-refractivity contribution < 1.29 is 4.79 Å². The summed E-state index contributed by atoms with van der Waals surface area (Å²) in [7, 11) is 1.82. The van der Waals surface area contributed by atoms with E-state index in [2.05, 4.69) is 5.10 Å². The third kappa shape index (κ3) is 3.12. The molecule has 1 atom stereocenters. The highest BCUT2D eigenvalue weighted by molar-refractivity contribution is 6.32. The van der Waals surface area contributed by atoms with Gasteiger partial charge in [0, 0.05) is 19.5 Å². The number of carbonyl (C=O) groups excluding carboxylic acids is 1. The largest absolute Gasteiger partial charge is 0.330 e. The molecule has 0 fully saturated rings. The number of nitrogens with zero attached hydrogens (tertiary/aromatic N) is 2. The van der Waals surface area contributed by atoms with Crippen LogP contribution in [0.15, 0.2) is 0 Å². The predicted molar refractivity (Wildman–Crippen MR) is 73.7 cm³/mol. The molecule has 1 unspecified atom stereocenters. The Bertz CT molecular complexity index is 426. The fraction of sp³-hybridized carbons (Fsp3) is 0.692. The van der Waals surface area contributed by atoms with Crippen LogP contribution in [-0.2, 0) is 24.7 Å². The van der Waals surface area contributed by atoms with E-state index in [0.29, 0.717) is 18.0 Å². The summed E-state index contributed by atoms with van der Waals surface area (Å²) in [6.45, 7) is 6.40. The number of aromatic nitrogens is 2. The average Bonchev–Trinajstić information content (AvgIpc) is 2.56. The number of nitrogens with two attached hydrogens (primary N) is 1. The van der Waals surface area contributed by atoms with Crippen LogP contribution in [0.2, 0.25) is 5.02 Å².